The van der Waals surface area contributed by atoms with E-state index in [-0.39, 0.29) is 17.8 Å². The fourth-order valence-corrected chi connectivity index (χ4v) is 5.46. The van der Waals surface area contributed by atoms with Gasteiger partial charge in [0.05, 0.1) is 23.3 Å². The second-order valence-electron chi connectivity index (χ2n) is 6.70. The van der Waals surface area contributed by atoms with Gasteiger partial charge in [0.1, 0.15) is 5.92 Å². The van der Waals surface area contributed by atoms with Crippen molar-refractivity contribution >= 4 is 0 Å². The van der Waals surface area contributed by atoms with Gasteiger partial charge in [0.15, 0.2) is 6.10 Å². The number of hydrogen-bond donors (Lipinski definition) is 1. The lowest BCUT2D eigenvalue weighted by molar-refractivity contribution is -0.334. The molecule has 5 rings (SSSR count). The number of ether oxygens (including phenoxy) is 1. The van der Waals surface area contributed by atoms with Crippen LogP contribution < -0.4 is 0 Å². The molecule has 0 radical (unpaired) electrons. The van der Waals surface area contributed by atoms with Crippen molar-refractivity contribution in [3.63, 3.8) is 0 Å². The van der Waals surface area contributed by atoms with Crippen LogP contribution in [0.2, 0.25) is 0 Å². The van der Waals surface area contributed by atoms with Crippen molar-refractivity contribution in [1.82, 2.24) is 0 Å². The summed E-state index contributed by atoms with van der Waals surface area (Å²) in [4.78, 5) is 0. The van der Waals surface area contributed by atoms with Crippen LogP contribution in [0.4, 0.5) is 0 Å². The van der Waals surface area contributed by atoms with Gasteiger partial charge in [-0.3, -0.25) is 0 Å². The first-order valence-electron chi connectivity index (χ1n) is 6.81. The van der Waals surface area contributed by atoms with Gasteiger partial charge in [-0.05, 0) is 49.9 Å². The van der Waals surface area contributed by atoms with Crippen molar-refractivity contribution in [3.8, 4) is 12.1 Å². The molecule has 4 heteroatoms. The van der Waals surface area contributed by atoms with Crippen molar-refractivity contribution < 1.29 is 9.84 Å². The maximum atomic E-state index is 10.5. The van der Waals surface area contributed by atoms with Crippen LogP contribution in [0.5, 0.6) is 0 Å². The predicted octanol–water partition coefficient (Wildman–Crippen LogP) is 1.36. The molecule has 3 unspecified atom stereocenters. The third kappa shape index (κ3) is 1.03. The number of aliphatic hydroxyl groups is 1. The van der Waals surface area contributed by atoms with E-state index in [0.717, 1.165) is 32.1 Å². The van der Waals surface area contributed by atoms with Crippen LogP contribution in [0.25, 0.3) is 0 Å². The molecule has 1 saturated heterocycles. The summed E-state index contributed by atoms with van der Waals surface area (Å²) >= 11 is 0. The Balaban J connectivity index is 1.73. The first-order chi connectivity index (χ1) is 8.61. The minimum Gasteiger partial charge on any atom is -0.390 e. The van der Waals surface area contributed by atoms with Crippen molar-refractivity contribution in [2.45, 2.75) is 49.4 Å². The van der Waals surface area contributed by atoms with Crippen LogP contribution >= 0.6 is 0 Å². The van der Waals surface area contributed by atoms with Crippen molar-refractivity contribution in [2.75, 3.05) is 0 Å². The van der Waals surface area contributed by atoms with E-state index in [9.17, 15) is 10.4 Å². The van der Waals surface area contributed by atoms with E-state index in [1.54, 1.807) is 0 Å². The molecule has 1 heterocycles. The SMILES string of the molecule is N#C[C@@H]1[C@@H](C#N)OC12[C@@H]1CC3C[C@H]2CC(O)(C3)C1. The smallest absolute Gasteiger partial charge is 0.163 e. The molecule has 4 bridgehead atoms. The van der Waals surface area contributed by atoms with Gasteiger partial charge in [0, 0.05) is 0 Å². The molecule has 1 spiro atoms. The van der Waals surface area contributed by atoms with E-state index in [4.69, 9.17) is 10.00 Å². The average Bonchev–Trinajstić information content (AvgIpc) is 2.25. The zero-order chi connectivity index (χ0) is 12.5. The summed E-state index contributed by atoms with van der Waals surface area (Å²) in [5, 5.41) is 28.9. The summed E-state index contributed by atoms with van der Waals surface area (Å²) in [6, 6.07) is 4.39. The van der Waals surface area contributed by atoms with Crippen molar-refractivity contribution in [1.29, 1.82) is 10.5 Å². The summed E-state index contributed by atoms with van der Waals surface area (Å²) in [7, 11) is 0. The normalized spacial score (nSPS) is 60.1. The molecule has 94 valence electrons. The maximum absolute atomic E-state index is 10.5. The highest BCUT2D eigenvalue weighted by Crippen LogP contribution is 2.66. The third-order valence-electron chi connectivity index (χ3n) is 5.82. The number of rotatable bonds is 0. The highest BCUT2D eigenvalue weighted by atomic mass is 16.5. The van der Waals surface area contributed by atoms with Gasteiger partial charge in [-0.25, -0.2) is 0 Å². The molecule has 4 saturated carbocycles. The highest BCUT2D eigenvalue weighted by molar-refractivity contribution is 5.26. The van der Waals surface area contributed by atoms with Crippen LogP contribution in [0.1, 0.15) is 32.1 Å². The van der Waals surface area contributed by atoms with Crippen molar-refractivity contribution in [3.05, 3.63) is 0 Å². The Morgan fingerprint density at radius 3 is 2.22 bits per heavy atom. The van der Waals surface area contributed by atoms with E-state index in [1.165, 1.54) is 0 Å². The second kappa shape index (κ2) is 3.07. The molecule has 4 nitrogen and oxygen atoms in total. The molecule has 18 heavy (non-hydrogen) atoms. The largest absolute Gasteiger partial charge is 0.390 e. The van der Waals surface area contributed by atoms with E-state index in [0.29, 0.717) is 5.92 Å². The number of nitrogens with zero attached hydrogens (tertiary/aromatic N) is 2. The summed E-state index contributed by atoms with van der Waals surface area (Å²) in [5.74, 6) is 0.870. The minimum atomic E-state index is -0.554. The summed E-state index contributed by atoms with van der Waals surface area (Å²) in [5.41, 5.74) is -0.916. The zero-order valence-electron chi connectivity index (χ0n) is 10.2. The first-order valence-corrected chi connectivity index (χ1v) is 6.81. The molecule has 1 N–H and O–H groups in total. The Labute approximate surface area is 106 Å². The quantitative estimate of drug-likeness (QED) is 0.698. The predicted molar refractivity (Wildman–Crippen MR) is 60.8 cm³/mol. The lowest BCUT2D eigenvalue weighted by Gasteiger charge is -2.68. The molecule has 5 fully saturated rings. The van der Waals surface area contributed by atoms with E-state index in [1.807, 2.05) is 0 Å². The molecular weight excluding hydrogens is 228 g/mol. The van der Waals surface area contributed by atoms with Gasteiger partial charge in [0.25, 0.3) is 0 Å². The van der Waals surface area contributed by atoms with E-state index < -0.39 is 17.3 Å². The molecule has 0 aromatic carbocycles. The molecule has 5 aliphatic rings. The van der Waals surface area contributed by atoms with Gasteiger partial charge in [-0.15, -0.1) is 0 Å². The topological polar surface area (TPSA) is 77.0 Å². The Bertz CT molecular complexity index is 473. The molecule has 1 aliphatic heterocycles. The zero-order valence-corrected chi connectivity index (χ0v) is 10.2. The van der Waals surface area contributed by atoms with Crippen LogP contribution in [0, 0.1) is 46.3 Å². The van der Waals surface area contributed by atoms with E-state index >= 15 is 0 Å². The molecule has 0 aromatic heterocycles. The van der Waals surface area contributed by atoms with Crippen molar-refractivity contribution in [2.24, 2.45) is 23.7 Å². The fraction of sp³-hybridized carbons (Fsp3) is 0.857. The number of nitriles is 2. The summed E-state index contributed by atoms with van der Waals surface area (Å²) < 4.78 is 5.91. The lowest BCUT2D eigenvalue weighted by Crippen LogP contribution is -2.74. The van der Waals surface area contributed by atoms with E-state index in [2.05, 4.69) is 12.1 Å². The first kappa shape index (κ1) is 10.8. The van der Waals surface area contributed by atoms with Crippen LogP contribution in [-0.4, -0.2) is 22.4 Å². The average molecular weight is 244 g/mol. The lowest BCUT2D eigenvalue weighted by atomic mass is 9.44. The highest BCUT2D eigenvalue weighted by Gasteiger charge is 2.71. The molecule has 0 amide bonds. The van der Waals surface area contributed by atoms with Crippen LogP contribution in [-0.2, 0) is 4.74 Å². The molecular formula is C14H16N2O2. The van der Waals surface area contributed by atoms with Crippen LogP contribution in [0.15, 0.2) is 0 Å². The van der Waals surface area contributed by atoms with Gasteiger partial charge in [-0.1, -0.05) is 0 Å². The fourth-order valence-electron chi connectivity index (χ4n) is 5.46. The molecule has 4 aliphatic carbocycles. The summed E-state index contributed by atoms with van der Waals surface area (Å²) in [6.45, 7) is 0. The Morgan fingerprint density at radius 1 is 1.06 bits per heavy atom. The Morgan fingerprint density at radius 2 is 1.72 bits per heavy atom. The molecule has 0 aromatic rings. The Hall–Kier alpha value is -1.10. The van der Waals surface area contributed by atoms with Crippen LogP contribution in [0.3, 0.4) is 0 Å². The minimum absolute atomic E-state index is 0.281. The standard InChI is InChI=1S/C14H16N2O2/c15-6-11-12(7-16)18-14(11)9-1-8-2-10(14)5-13(17,3-8)4-9/h8-12,17H,1-5H2/t8?,9-,10+,11-,12-,13?,14?/m1/s1. The monoisotopic (exact) mass is 244 g/mol. The van der Waals surface area contributed by atoms with Gasteiger partial charge < -0.3 is 9.84 Å². The van der Waals surface area contributed by atoms with Gasteiger partial charge in [0.2, 0.25) is 0 Å². The Kier molecular flexibility index (Phi) is 1.84. The summed E-state index contributed by atoms with van der Waals surface area (Å²) in [6.07, 6.45) is 4.02. The second-order valence-corrected chi connectivity index (χ2v) is 6.70. The maximum Gasteiger partial charge on any atom is 0.163 e. The third-order valence-corrected chi connectivity index (χ3v) is 5.82. The van der Waals surface area contributed by atoms with Gasteiger partial charge in [-0.2, -0.15) is 10.5 Å². The van der Waals surface area contributed by atoms with Gasteiger partial charge >= 0.3 is 0 Å². The molecule has 7 atom stereocenters. The number of hydrogen-bond acceptors (Lipinski definition) is 4.